The number of nitriles is 1. The lowest BCUT2D eigenvalue weighted by Crippen LogP contribution is -2.56. The van der Waals surface area contributed by atoms with Gasteiger partial charge in [-0.2, -0.15) is 9.57 Å². The Hall–Kier alpha value is -1.13. The molecule has 1 aromatic carbocycles. The quantitative estimate of drug-likeness (QED) is 0.832. The molecule has 21 heavy (non-hydrogen) atoms. The standard InChI is InChI=1S/C14H18ClN3O2S/c1-10-8-18(9-11(2)17(10)3)21(19,20)13-5-4-12(7-16)14(15)6-13/h4-6,10-11H,8-9H2,1-3H3. The highest BCUT2D eigenvalue weighted by Crippen LogP contribution is 2.25. The van der Waals surface area contributed by atoms with E-state index in [4.69, 9.17) is 16.9 Å². The minimum absolute atomic E-state index is 0.135. The monoisotopic (exact) mass is 327 g/mol. The summed E-state index contributed by atoms with van der Waals surface area (Å²) in [6.45, 7) is 4.90. The molecule has 2 atom stereocenters. The molecule has 2 unspecified atom stereocenters. The molecule has 2 rings (SSSR count). The Kier molecular flexibility index (Phi) is 4.59. The lowest BCUT2D eigenvalue weighted by atomic mass is 10.1. The van der Waals surface area contributed by atoms with E-state index in [-0.39, 0.29) is 27.6 Å². The van der Waals surface area contributed by atoms with Crippen LogP contribution in [0.4, 0.5) is 0 Å². The van der Waals surface area contributed by atoms with Crippen molar-refractivity contribution >= 4 is 21.6 Å². The highest BCUT2D eigenvalue weighted by molar-refractivity contribution is 7.89. The first-order valence-corrected chi connectivity index (χ1v) is 8.51. The molecule has 0 aliphatic carbocycles. The summed E-state index contributed by atoms with van der Waals surface area (Å²) in [5.74, 6) is 0. The van der Waals surface area contributed by atoms with Crippen LogP contribution in [0, 0.1) is 11.3 Å². The van der Waals surface area contributed by atoms with Crippen LogP contribution in [0.2, 0.25) is 5.02 Å². The van der Waals surface area contributed by atoms with Crippen LogP contribution in [0.15, 0.2) is 23.1 Å². The van der Waals surface area contributed by atoms with Crippen LogP contribution in [0.25, 0.3) is 0 Å². The molecule has 0 radical (unpaired) electrons. The third kappa shape index (κ3) is 3.06. The fourth-order valence-corrected chi connectivity index (χ4v) is 4.36. The second-order valence-electron chi connectivity index (χ2n) is 5.44. The molecule has 0 aromatic heterocycles. The number of piperazine rings is 1. The third-order valence-electron chi connectivity index (χ3n) is 4.03. The highest BCUT2D eigenvalue weighted by atomic mass is 35.5. The molecule has 1 saturated heterocycles. The minimum atomic E-state index is -3.59. The number of halogens is 1. The molecule has 0 saturated carbocycles. The highest BCUT2D eigenvalue weighted by Gasteiger charge is 2.34. The van der Waals surface area contributed by atoms with Gasteiger partial charge in [0, 0.05) is 25.2 Å². The van der Waals surface area contributed by atoms with Crippen LogP contribution in [0.1, 0.15) is 19.4 Å². The van der Waals surface area contributed by atoms with Crippen LogP contribution in [-0.4, -0.2) is 49.8 Å². The van der Waals surface area contributed by atoms with Crippen LogP contribution in [0.3, 0.4) is 0 Å². The van der Waals surface area contributed by atoms with Crippen molar-refractivity contribution in [3.63, 3.8) is 0 Å². The van der Waals surface area contributed by atoms with E-state index < -0.39 is 10.0 Å². The Morgan fingerprint density at radius 1 is 1.29 bits per heavy atom. The van der Waals surface area contributed by atoms with Crippen molar-refractivity contribution in [2.75, 3.05) is 20.1 Å². The molecule has 5 nitrogen and oxygen atoms in total. The summed E-state index contributed by atoms with van der Waals surface area (Å²) in [4.78, 5) is 2.30. The van der Waals surface area contributed by atoms with Gasteiger partial charge in [0.15, 0.2) is 0 Å². The van der Waals surface area contributed by atoms with Gasteiger partial charge in [-0.15, -0.1) is 0 Å². The first-order valence-electron chi connectivity index (χ1n) is 6.69. The Balaban J connectivity index is 2.35. The molecule has 7 heteroatoms. The lowest BCUT2D eigenvalue weighted by molar-refractivity contribution is 0.105. The van der Waals surface area contributed by atoms with Gasteiger partial charge in [-0.25, -0.2) is 8.42 Å². The van der Waals surface area contributed by atoms with Crippen molar-refractivity contribution in [3.8, 4) is 6.07 Å². The zero-order chi connectivity index (χ0) is 15.8. The maximum Gasteiger partial charge on any atom is 0.243 e. The van der Waals surface area contributed by atoms with Crippen molar-refractivity contribution in [2.24, 2.45) is 0 Å². The van der Waals surface area contributed by atoms with Gasteiger partial charge in [0.05, 0.1) is 15.5 Å². The van der Waals surface area contributed by atoms with Crippen LogP contribution >= 0.6 is 11.6 Å². The van der Waals surface area contributed by atoms with Crippen molar-refractivity contribution in [1.29, 1.82) is 5.26 Å². The van der Waals surface area contributed by atoms with Gasteiger partial charge in [0.25, 0.3) is 0 Å². The summed E-state index contributed by atoms with van der Waals surface area (Å²) < 4.78 is 26.9. The molecule has 1 aliphatic rings. The number of nitrogens with zero attached hydrogens (tertiary/aromatic N) is 3. The van der Waals surface area contributed by atoms with Crippen molar-refractivity contribution in [3.05, 3.63) is 28.8 Å². The van der Waals surface area contributed by atoms with Gasteiger partial charge in [-0.05, 0) is 39.1 Å². The molecule has 1 heterocycles. The third-order valence-corrected chi connectivity index (χ3v) is 6.17. The predicted octanol–water partition coefficient (Wildman–Crippen LogP) is 1.92. The van der Waals surface area contributed by atoms with E-state index in [1.54, 1.807) is 0 Å². The molecule has 114 valence electrons. The number of rotatable bonds is 2. The Labute approximate surface area is 130 Å². The Morgan fingerprint density at radius 3 is 2.33 bits per heavy atom. The number of benzene rings is 1. The van der Waals surface area contributed by atoms with Crippen LogP contribution < -0.4 is 0 Å². The summed E-state index contributed by atoms with van der Waals surface area (Å²) in [6.07, 6.45) is 0. The van der Waals surface area contributed by atoms with Gasteiger partial charge in [0.1, 0.15) is 6.07 Å². The summed E-state index contributed by atoms with van der Waals surface area (Å²) in [7, 11) is -1.59. The summed E-state index contributed by atoms with van der Waals surface area (Å²) in [6, 6.07) is 6.46. The fraction of sp³-hybridized carbons (Fsp3) is 0.500. The maximum atomic E-state index is 12.7. The van der Waals surface area contributed by atoms with Crippen molar-refractivity contribution in [2.45, 2.75) is 30.8 Å². The van der Waals surface area contributed by atoms with Gasteiger partial charge in [0.2, 0.25) is 10.0 Å². The first-order chi connectivity index (χ1) is 9.77. The van der Waals surface area contributed by atoms with E-state index in [9.17, 15) is 8.42 Å². The van der Waals surface area contributed by atoms with E-state index in [0.29, 0.717) is 13.1 Å². The van der Waals surface area contributed by atoms with E-state index >= 15 is 0 Å². The summed E-state index contributed by atoms with van der Waals surface area (Å²) >= 11 is 5.94. The largest absolute Gasteiger partial charge is 0.298 e. The summed E-state index contributed by atoms with van der Waals surface area (Å²) in [5.41, 5.74) is 0.274. The second kappa shape index (κ2) is 5.93. The molecule has 0 bridgehead atoms. The number of hydrogen-bond acceptors (Lipinski definition) is 4. The lowest BCUT2D eigenvalue weighted by Gasteiger charge is -2.41. The van der Waals surface area contributed by atoms with Crippen LogP contribution in [0.5, 0.6) is 0 Å². The molecular formula is C14H18ClN3O2S. The van der Waals surface area contributed by atoms with E-state index in [1.807, 2.05) is 27.0 Å². The molecule has 0 amide bonds. The molecular weight excluding hydrogens is 310 g/mol. The molecule has 0 N–H and O–H groups in total. The topological polar surface area (TPSA) is 64.4 Å². The molecule has 1 fully saturated rings. The predicted molar refractivity (Wildman–Crippen MR) is 81.6 cm³/mol. The average Bonchev–Trinajstić information content (AvgIpc) is 2.44. The van der Waals surface area contributed by atoms with Crippen LogP contribution in [-0.2, 0) is 10.0 Å². The SMILES string of the molecule is CC1CN(S(=O)(=O)c2ccc(C#N)c(Cl)c2)CC(C)N1C. The van der Waals surface area contributed by atoms with Crippen molar-refractivity contribution in [1.82, 2.24) is 9.21 Å². The maximum absolute atomic E-state index is 12.7. The molecule has 1 aromatic rings. The number of sulfonamides is 1. The van der Waals surface area contributed by atoms with Gasteiger partial charge in [-0.3, -0.25) is 4.90 Å². The smallest absolute Gasteiger partial charge is 0.243 e. The zero-order valence-electron chi connectivity index (χ0n) is 12.2. The second-order valence-corrected chi connectivity index (χ2v) is 7.78. The summed E-state index contributed by atoms with van der Waals surface area (Å²) in [5, 5.41) is 9.02. The average molecular weight is 328 g/mol. The number of hydrogen-bond donors (Lipinski definition) is 0. The van der Waals surface area contributed by atoms with Crippen molar-refractivity contribution < 1.29 is 8.42 Å². The van der Waals surface area contributed by atoms with E-state index in [1.165, 1.54) is 22.5 Å². The van der Waals surface area contributed by atoms with Gasteiger partial charge >= 0.3 is 0 Å². The zero-order valence-corrected chi connectivity index (χ0v) is 13.8. The van der Waals surface area contributed by atoms with E-state index in [2.05, 4.69) is 4.90 Å². The Bertz CT molecular complexity index is 672. The molecule has 0 spiro atoms. The fourth-order valence-electron chi connectivity index (χ4n) is 2.45. The minimum Gasteiger partial charge on any atom is -0.298 e. The van der Waals surface area contributed by atoms with E-state index in [0.717, 1.165) is 0 Å². The first kappa shape index (κ1) is 16.2. The van der Waals surface area contributed by atoms with Gasteiger partial charge < -0.3 is 0 Å². The Morgan fingerprint density at radius 2 is 1.86 bits per heavy atom. The van der Waals surface area contributed by atoms with Gasteiger partial charge in [-0.1, -0.05) is 11.6 Å². The molecule has 1 aliphatic heterocycles. The normalized spacial score (nSPS) is 24.7. The number of likely N-dealkylation sites (N-methyl/N-ethyl adjacent to an activating group) is 1.